The summed E-state index contributed by atoms with van der Waals surface area (Å²) in [6.45, 7) is 4.23. The van der Waals surface area contributed by atoms with Crippen LogP contribution in [-0.2, 0) is 40.5 Å². The second kappa shape index (κ2) is 17.2. The lowest BCUT2D eigenvalue weighted by Gasteiger charge is -2.14. The van der Waals surface area contributed by atoms with E-state index in [-0.39, 0.29) is 12.4 Å². The Labute approximate surface area is 218 Å². The largest absolute Gasteiger partial charge is 0.508 e. The van der Waals surface area contributed by atoms with E-state index in [2.05, 4.69) is 29.6 Å². The second-order valence-corrected chi connectivity index (χ2v) is 8.44. The van der Waals surface area contributed by atoms with Gasteiger partial charge >= 0.3 is 0 Å². The summed E-state index contributed by atoms with van der Waals surface area (Å²) in [5, 5.41) is 39.8. The molecule has 0 heterocycles. The minimum atomic E-state index is -0.833. The molecule has 37 heavy (non-hydrogen) atoms. The summed E-state index contributed by atoms with van der Waals surface area (Å²) in [5.74, 6) is -0.799. The van der Waals surface area contributed by atoms with Gasteiger partial charge in [0.1, 0.15) is 5.75 Å². The Bertz CT molecular complexity index is 1040. The molecule has 0 radical (unpaired) electrons. The topological polar surface area (TPSA) is 128 Å². The molecule has 3 rings (SSSR count). The molecule has 0 aliphatic carbocycles. The number of hydrogen-bond acceptors (Lipinski definition) is 7. The highest BCUT2D eigenvalue weighted by Gasteiger charge is 2.10. The van der Waals surface area contributed by atoms with Gasteiger partial charge in [-0.3, -0.25) is 4.79 Å². The van der Waals surface area contributed by atoms with E-state index in [0.717, 1.165) is 31.0 Å². The molecule has 0 aliphatic heterocycles. The average Bonchev–Trinajstić information content (AvgIpc) is 2.90. The van der Waals surface area contributed by atoms with Crippen molar-refractivity contribution >= 4 is 5.97 Å². The molecule has 0 saturated carbocycles. The lowest BCUT2D eigenvalue weighted by Crippen LogP contribution is -2.23. The van der Waals surface area contributed by atoms with Gasteiger partial charge in [-0.2, -0.15) is 0 Å². The highest BCUT2D eigenvalue weighted by Crippen LogP contribution is 2.22. The van der Waals surface area contributed by atoms with E-state index >= 15 is 0 Å². The van der Waals surface area contributed by atoms with Crippen LogP contribution >= 0.6 is 0 Å². The van der Waals surface area contributed by atoms with Gasteiger partial charge in [0.2, 0.25) is 0 Å². The number of aromatic hydroxyl groups is 1. The monoisotopic (exact) mass is 511 g/mol. The van der Waals surface area contributed by atoms with Crippen LogP contribution in [0.1, 0.15) is 40.8 Å². The van der Waals surface area contributed by atoms with Crippen LogP contribution in [0.25, 0.3) is 0 Å². The zero-order chi connectivity index (χ0) is 26.9. The lowest BCUT2D eigenvalue weighted by atomic mass is 10.1. The van der Waals surface area contributed by atoms with Gasteiger partial charge < -0.3 is 35.2 Å². The predicted octanol–water partition coefficient (Wildman–Crippen LogP) is 3.57. The van der Waals surface area contributed by atoms with Crippen molar-refractivity contribution in [1.29, 1.82) is 0 Å². The number of nitrogens with one attached hydrogen (secondary N) is 1. The zero-order valence-electron chi connectivity index (χ0n) is 21.2. The van der Waals surface area contributed by atoms with Crippen molar-refractivity contribution in [1.82, 2.24) is 5.32 Å². The smallest absolute Gasteiger partial charge is 0.300 e. The Morgan fingerprint density at radius 2 is 1.46 bits per heavy atom. The van der Waals surface area contributed by atoms with Crippen LogP contribution in [0.15, 0.2) is 72.8 Å². The molecule has 0 unspecified atom stereocenters. The first-order valence-electron chi connectivity index (χ1n) is 12.2. The molecule has 0 saturated heterocycles. The van der Waals surface area contributed by atoms with Crippen LogP contribution in [0.3, 0.4) is 0 Å². The number of aliphatic carboxylic acids is 1. The van der Waals surface area contributed by atoms with E-state index in [4.69, 9.17) is 19.4 Å². The molecule has 0 aromatic heterocycles. The summed E-state index contributed by atoms with van der Waals surface area (Å²) < 4.78 is 11.3. The number of aliphatic hydroxyl groups excluding tert-OH is 2. The third-order valence-corrected chi connectivity index (χ3v) is 5.36. The molecule has 0 bridgehead atoms. The van der Waals surface area contributed by atoms with Crippen LogP contribution in [-0.4, -0.2) is 52.7 Å². The first kappa shape index (κ1) is 30.0. The third kappa shape index (κ3) is 12.5. The minimum Gasteiger partial charge on any atom is -0.508 e. The Hall–Kier alpha value is -3.27. The molecule has 200 valence electrons. The fourth-order valence-corrected chi connectivity index (χ4v) is 3.40. The van der Waals surface area contributed by atoms with Crippen molar-refractivity contribution in [2.24, 2.45) is 0 Å². The molecule has 0 fully saturated rings. The minimum absolute atomic E-state index is 0.0339. The van der Waals surface area contributed by atoms with E-state index in [1.54, 1.807) is 12.1 Å². The molecule has 3 aromatic rings. The number of aliphatic hydroxyl groups is 2. The van der Waals surface area contributed by atoms with Gasteiger partial charge in [0.25, 0.3) is 5.97 Å². The fraction of sp³-hybridized carbons (Fsp3) is 0.345. The molecule has 0 spiro atoms. The van der Waals surface area contributed by atoms with E-state index in [1.807, 2.05) is 30.3 Å². The number of carboxylic acid groups (broad SMARTS) is 1. The summed E-state index contributed by atoms with van der Waals surface area (Å²) in [5.41, 5.74) is 4.57. The highest BCUT2D eigenvalue weighted by atomic mass is 16.5. The average molecular weight is 512 g/mol. The number of rotatable bonds is 14. The fourth-order valence-electron chi connectivity index (χ4n) is 3.40. The van der Waals surface area contributed by atoms with Gasteiger partial charge in [-0.15, -0.1) is 0 Å². The molecule has 5 N–H and O–H groups in total. The van der Waals surface area contributed by atoms with E-state index in [1.165, 1.54) is 11.6 Å². The van der Waals surface area contributed by atoms with Crippen LogP contribution in [0.2, 0.25) is 0 Å². The van der Waals surface area contributed by atoms with E-state index < -0.39 is 12.1 Å². The predicted molar refractivity (Wildman–Crippen MR) is 141 cm³/mol. The maximum atomic E-state index is 10.3. The van der Waals surface area contributed by atoms with Gasteiger partial charge in [-0.25, -0.2) is 0 Å². The number of carbonyl (C=O) groups is 1. The first-order chi connectivity index (χ1) is 17.9. The molecule has 0 amide bonds. The number of benzene rings is 3. The first-order valence-corrected chi connectivity index (χ1v) is 12.2. The van der Waals surface area contributed by atoms with Gasteiger partial charge in [-0.1, -0.05) is 60.7 Å². The molecule has 8 nitrogen and oxygen atoms in total. The highest BCUT2D eigenvalue weighted by molar-refractivity contribution is 5.62. The summed E-state index contributed by atoms with van der Waals surface area (Å²) in [7, 11) is 0. The third-order valence-electron chi connectivity index (χ3n) is 5.36. The van der Waals surface area contributed by atoms with Crippen molar-refractivity contribution < 1.29 is 34.7 Å². The van der Waals surface area contributed by atoms with Gasteiger partial charge in [0.05, 0.1) is 39.1 Å². The number of phenols is 1. The van der Waals surface area contributed by atoms with Gasteiger partial charge in [0.15, 0.2) is 0 Å². The molecular weight excluding hydrogens is 474 g/mol. The summed E-state index contributed by atoms with van der Waals surface area (Å²) in [6.07, 6.45) is 0.144. The normalized spacial score (nSPS) is 11.4. The number of ether oxygens (including phenoxy) is 2. The Morgan fingerprint density at radius 1 is 0.892 bits per heavy atom. The van der Waals surface area contributed by atoms with Gasteiger partial charge in [0, 0.05) is 19.0 Å². The Kier molecular flexibility index (Phi) is 14.0. The molecular formula is C29H37NO7. The van der Waals surface area contributed by atoms with Crippen LogP contribution in [0.4, 0.5) is 0 Å². The van der Waals surface area contributed by atoms with Crippen molar-refractivity contribution in [2.75, 3.05) is 26.3 Å². The lowest BCUT2D eigenvalue weighted by molar-refractivity contribution is -0.134. The standard InChI is InChI=1S/C27H33NO5.C2H4O2/c29-18-25-16-24(10-11-26(25)30)27(31)17-28-13-12-21-6-8-23(9-7-21)20-33-15-14-32-19-22-4-2-1-3-5-22;1-2(3)4/h1-11,16,27-31H,12-15,17-20H2;1H3,(H,3,4)/t27-;/m0./s1. The van der Waals surface area contributed by atoms with Crippen LogP contribution < -0.4 is 5.32 Å². The van der Waals surface area contributed by atoms with Crippen molar-refractivity contribution in [3.8, 4) is 5.75 Å². The quantitative estimate of drug-likeness (QED) is 0.208. The molecule has 3 aromatic carbocycles. The Balaban J connectivity index is 0.00000112. The van der Waals surface area contributed by atoms with Crippen molar-refractivity contribution in [3.05, 3.63) is 101 Å². The molecule has 8 heteroatoms. The molecule has 1 atom stereocenters. The number of carboxylic acids is 1. The Morgan fingerprint density at radius 3 is 2.05 bits per heavy atom. The summed E-state index contributed by atoms with van der Waals surface area (Å²) >= 11 is 0. The number of hydrogen-bond donors (Lipinski definition) is 5. The van der Waals surface area contributed by atoms with Crippen LogP contribution in [0.5, 0.6) is 5.75 Å². The van der Waals surface area contributed by atoms with Crippen LogP contribution in [0, 0.1) is 0 Å². The summed E-state index contributed by atoms with van der Waals surface area (Å²) in [4.78, 5) is 9.00. The maximum absolute atomic E-state index is 10.3. The SMILES string of the molecule is CC(=O)O.OCc1cc([C@@H](O)CNCCc2ccc(COCCOCc3ccccc3)cc2)ccc1O. The summed E-state index contributed by atoms with van der Waals surface area (Å²) in [6, 6.07) is 23.2. The zero-order valence-corrected chi connectivity index (χ0v) is 21.2. The van der Waals surface area contributed by atoms with Crippen molar-refractivity contribution in [3.63, 3.8) is 0 Å². The molecule has 0 aliphatic rings. The maximum Gasteiger partial charge on any atom is 0.300 e. The second-order valence-electron chi connectivity index (χ2n) is 8.44. The van der Waals surface area contributed by atoms with E-state index in [9.17, 15) is 15.3 Å². The van der Waals surface area contributed by atoms with E-state index in [0.29, 0.717) is 44.1 Å². The van der Waals surface area contributed by atoms with Gasteiger partial charge in [-0.05, 0) is 47.4 Å². The van der Waals surface area contributed by atoms with Crippen molar-refractivity contribution in [2.45, 2.75) is 39.3 Å².